The van der Waals surface area contributed by atoms with Crippen LogP contribution >= 0.6 is 0 Å². The fourth-order valence-corrected chi connectivity index (χ4v) is 3.45. The van der Waals surface area contributed by atoms with Crippen LogP contribution < -0.4 is 5.32 Å². The van der Waals surface area contributed by atoms with E-state index in [1.165, 1.54) is 11.1 Å². The molecule has 0 bridgehead atoms. The topological polar surface area (TPSA) is 52.7 Å². The summed E-state index contributed by atoms with van der Waals surface area (Å²) < 4.78 is 0. The van der Waals surface area contributed by atoms with Gasteiger partial charge in [0.15, 0.2) is 0 Å². The van der Waals surface area contributed by atoms with Gasteiger partial charge in [-0.1, -0.05) is 43.7 Å². The summed E-state index contributed by atoms with van der Waals surface area (Å²) >= 11 is 0. The van der Waals surface area contributed by atoms with E-state index in [0.29, 0.717) is 13.1 Å². The van der Waals surface area contributed by atoms with Crippen LogP contribution in [-0.2, 0) is 16.1 Å². The largest absolute Gasteiger partial charge is 0.353 e. The highest BCUT2D eigenvalue weighted by Crippen LogP contribution is 2.17. The molecule has 1 aromatic rings. The standard InChI is InChI=1S/C20H31N3O2/c1-5-17(6-2)22(4)19(24)13-18-20(25)21-11-12-23(18)14-16-9-7-15(3)8-10-16/h7-10,17-18H,5-6,11-14H2,1-4H3,(H,21,25). The minimum atomic E-state index is -0.389. The van der Waals surface area contributed by atoms with Crippen LogP contribution in [0.25, 0.3) is 0 Å². The van der Waals surface area contributed by atoms with Crippen molar-refractivity contribution in [1.82, 2.24) is 15.1 Å². The molecule has 1 saturated heterocycles. The summed E-state index contributed by atoms with van der Waals surface area (Å²) in [5.74, 6) is 0.00862. The Morgan fingerprint density at radius 1 is 1.28 bits per heavy atom. The van der Waals surface area contributed by atoms with Gasteiger partial charge in [0.05, 0.1) is 12.5 Å². The SMILES string of the molecule is CCC(CC)N(C)C(=O)CC1C(=O)NCCN1Cc1ccc(C)cc1. The number of hydrogen-bond donors (Lipinski definition) is 1. The minimum absolute atomic E-state index is 0.0374. The first kappa shape index (κ1) is 19.4. The second kappa shape index (κ2) is 8.99. The first-order valence-electron chi connectivity index (χ1n) is 9.29. The van der Waals surface area contributed by atoms with Crippen molar-refractivity contribution in [3.05, 3.63) is 35.4 Å². The Hall–Kier alpha value is -1.88. The Balaban J connectivity index is 2.07. The van der Waals surface area contributed by atoms with Crippen molar-refractivity contribution in [3.63, 3.8) is 0 Å². The van der Waals surface area contributed by atoms with Gasteiger partial charge in [0.25, 0.3) is 0 Å². The molecule has 0 aromatic heterocycles. The number of benzene rings is 1. The van der Waals surface area contributed by atoms with Crippen molar-refractivity contribution in [2.75, 3.05) is 20.1 Å². The van der Waals surface area contributed by atoms with E-state index < -0.39 is 0 Å². The van der Waals surface area contributed by atoms with Gasteiger partial charge in [-0.05, 0) is 25.3 Å². The van der Waals surface area contributed by atoms with E-state index in [4.69, 9.17) is 0 Å². The summed E-state index contributed by atoms with van der Waals surface area (Å²) in [5, 5.41) is 2.91. The fourth-order valence-electron chi connectivity index (χ4n) is 3.45. The van der Waals surface area contributed by atoms with E-state index in [2.05, 4.69) is 55.3 Å². The van der Waals surface area contributed by atoms with Gasteiger partial charge in [0.2, 0.25) is 11.8 Å². The summed E-state index contributed by atoms with van der Waals surface area (Å²) in [6, 6.07) is 8.21. The third kappa shape index (κ3) is 5.05. The minimum Gasteiger partial charge on any atom is -0.353 e. The van der Waals surface area contributed by atoms with Crippen LogP contribution in [0.4, 0.5) is 0 Å². The molecule has 1 heterocycles. The molecular weight excluding hydrogens is 314 g/mol. The van der Waals surface area contributed by atoms with Crippen LogP contribution in [-0.4, -0.2) is 53.8 Å². The number of carbonyl (C=O) groups excluding carboxylic acids is 2. The first-order chi connectivity index (χ1) is 12.0. The Labute approximate surface area is 151 Å². The maximum absolute atomic E-state index is 12.7. The summed E-state index contributed by atoms with van der Waals surface area (Å²) in [4.78, 5) is 29.0. The second-order valence-electron chi connectivity index (χ2n) is 6.94. The van der Waals surface area contributed by atoms with Crippen molar-refractivity contribution in [2.45, 2.75) is 58.7 Å². The van der Waals surface area contributed by atoms with Crippen LogP contribution in [0.5, 0.6) is 0 Å². The van der Waals surface area contributed by atoms with E-state index in [-0.39, 0.29) is 30.3 Å². The zero-order valence-electron chi connectivity index (χ0n) is 15.9. The third-order valence-corrected chi connectivity index (χ3v) is 5.20. The average Bonchev–Trinajstić information content (AvgIpc) is 2.60. The lowest BCUT2D eigenvalue weighted by molar-refractivity contribution is -0.139. The zero-order chi connectivity index (χ0) is 18.4. The maximum atomic E-state index is 12.7. The molecule has 5 nitrogen and oxygen atoms in total. The number of piperazine rings is 1. The lowest BCUT2D eigenvalue weighted by Crippen LogP contribution is -2.56. The maximum Gasteiger partial charge on any atom is 0.237 e. The van der Waals surface area contributed by atoms with Gasteiger partial charge < -0.3 is 10.2 Å². The van der Waals surface area contributed by atoms with Gasteiger partial charge >= 0.3 is 0 Å². The van der Waals surface area contributed by atoms with Crippen molar-refractivity contribution in [3.8, 4) is 0 Å². The van der Waals surface area contributed by atoms with Crippen molar-refractivity contribution in [1.29, 1.82) is 0 Å². The van der Waals surface area contributed by atoms with E-state index >= 15 is 0 Å². The van der Waals surface area contributed by atoms with Gasteiger partial charge in [0.1, 0.15) is 0 Å². The number of nitrogens with one attached hydrogen (secondary N) is 1. The Kier molecular flexibility index (Phi) is 7.00. The molecule has 0 saturated carbocycles. The Morgan fingerprint density at radius 2 is 1.92 bits per heavy atom. The molecule has 1 N–H and O–H groups in total. The molecule has 2 rings (SSSR count). The zero-order valence-corrected chi connectivity index (χ0v) is 15.9. The number of rotatable bonds is 7. The molecule has 0 aliphatic carbocycles. The first-order valence-corrected chi connectivity index (χ1v) is 9.29. The number of carbonyl (C=O) groups is 2. The number of aryl methyl sites for hydroxylation is 1. The lowest BCUT2D eigenvalue weighted by atomic mass is 10.0. The molecule has 25 heavy (non-hydrogen) atoms. The van der Waals surface area contributed by atoms with Crippen LogP contribution in [0.3, 0.4) is 0 Å². The molecule has 5 heteroatoms. The molecule has 1 aliphatic rings. The van der Waals surface area contributed by atoms with Crippen LogP contribution in [0, 0.1) is 6.92 Å². The molecule has 1 fully saturated rings. The molecule has 1 atom stereocenters. The normalized spacial score (nSPS) is 18.3. The van der Waals surface area contributed by atoms with Crippen molar-refractivity contribution >= 4 is 11.8 Å². The number of amides is 2. The van der Waals surface area contributed by atoms with Crippen molar-refractivity contribution in [2.24, 2.45) is 0 Å². The van der Waals surface area contributed by atoms with E-state index in [9.17, 15) is 9.59 Å². The quantitative estimate of drug-likeness (QED) is 0.825. The smallest absolute Gasteiger partial charge is 0.237 e. The van der Waals surface area contributed by atoms with Gasteiger partial charge in [-0.2, -0.15) is 0 Å². The van der Waals surface area contributed by atoms with Crippen LogP contribution in [0.2, 0.25) is 0 Å². The summed E-state index contributed by atoms with van der Waals surface area (Å²) in [6.45, 7) is 8.35. The van der Waals surface area contributed by atoms with Crippen LogP contribution in [0.1, 0.15) is 44.2 Å². The molecule has 2 amide bonds. The number of nitrogens with zero attached hydrogens (tertiary/aromatic N) is 2. The molecule has 1 aromatic carbocycles. The predicted octanol–water partition coefficient (Wildman–Crippen LogP) is 2.33. The molecule has 1 aliphatic heterocycles. The van der Waals surface area contributed by atoms with Gasteiger partial charge in [-0.3, -0.25) is 14.5 Å². The number of hydrogen-bond acceptors (Lipinski definition) is 3. The molecular formula is C20H31N3O2. The van der Waals surface area contributed by atoms with Crippen molar-refractivity contribution < 1.29 is 9.59 Å². The Morgan fingerprint density at radius 3 is 2.52 bits per heavy atom. The van der Waals surface area contributed by atoms with E-state index in [0.717, 1.165) is 19.4 Å². The molecule has 0 spiro atoms. The summed E-state index contributed by atoms with van der Waals surface area (Å²) in [7, 11) is 1.85. The van der Waals surface area contributed by atoms with E-state index in [1.807, 2.05) is 11.9 Å². The monoisotopic (exact) mass is 345 g/mol. The molecule has 1 unspecified atom stereocenters. The highest BCUT2D eigenvalue weighted by atomic mass is 16.2. The second-order valence-corrected chi connectivity index (χ2v) is 6.94. The average molecular weight is 345 g/mol. The summed E-state index contributed by atoms with van der Waals surface area (Å²) in [5.41, 5.74) is 2.39. The van der Waals surface area contributed by atoms with Gasteiger partial charge in [-0.15, -0.1) is 0 Å². The van der Waals surface area contributed by atoms with Crippen LogP contribution in [0.15, 0.2) is 24.3 Å². The highest BCUT2D eigenvalue weighted by Gasteiger charge is 2.33. The van der Waals surface area contributed by atoms with Gasteiger partial charge in [0, 0.05) is 32.7 Å². The molecule has 0 radical (unpaired) electrons. The predicted molar refractivity (Wildman–Crippen MR) is 100 cm³/mol. The Bertz CT molecular complexity index is 581. The van der Waals surface area contributed by atoms with E-state index in [1.54, 1.807) is 0 Å². The highest BCUT2D eigenvalue weighted by molar-refractivity contribution is 5.88. The fraction of sp³-hybridized carbons (Fsp3) is 0.600. The molecule has 138 valence electrons. The third-order valence-electron chi connectivity index (χ3n) is 5.20. The summed E-state index contributed by atoms with van der Waals surface area (Å²) in [6.07, 6.45) is 2.11. The van der Waals surface area contributed by atoms with Gasteiger partial charge in [-0.25, -0.2) is 0 Å². The lowest BCUT2D eigenvalue weighted by Gasteiger charge is -2.36.